The standard InChI is InChI=1S/C27H25N3O4/c1-17(2)34-20-8-6-7-19(14-20)24-15-22(21-9-4-5-10-23(21)29-24)27(32)30-28-16-18-11-12-26(33-3)25(31)13-18/h4-17,31H,1-3H3,(H,30,32)/b28-16-. The third-order valence-corrected chi connectivity index (χ3v) is 5.05. The zero-order valence-electron chi connectivity index (χ0n) is 19.1. The molecule has 0 aliphatic heterocycles. The number of para-hydroxylation sites is 1. The minimum Gasteiger partial charge on any atom is -0.504 e. The third-order valence-electron chi connectivity index (χ3n) is 5.05. The predicted molar refractivity (Wildman–Crippen MR) is 133 cm³/mol. The number of pyridine rings is 1. The fourth-order valence-corrected chi connectivity index (χ4v) is 3.53. The van der Waals surface area contributed by atoms with E-state index in [0.29, 0.717) is 28.1 Å². The number of nitrogens with zero attached hydrogens (tertiary/aromatic N) is 2. The Morgan fingerprint density at radius 2 is 1.88 bits per heavy atom. The largest absolute Gasteiger partial charge is 0.504 e. The van der Waals surface area contributed by atoms with Gasteiger partial charge in [0, 0.05) is 10.9 Å². The predicted octanol–water partition coefficient (Wildman–Crippen LogP) is 5.17. The smallest absolute Gasteiger partial charge is 0.272 e. The number of hydrogen-bond acceptors (Lipinski definition) is 6. The van der Waals surface area contributed by atoms with Crippen molar-refractivity contribution in [1.82, 2.24) is 10.4 Å². The minimum absolute atomic E-state index is 0.00813. The van der Waals surface area contributed by atoms with Crippen molar-refractivity contribution in [2.24, 2.45) is 5.10 Å². The van der Waals surface area contributed by atoms with E-state index in [1.54, 1.807) is 18.2 Å². The number of phenols is 1. The summed E-state index contributed by atoms with van der Waals surface area (Å²) >= 11 is 0. The van der Waals surface area contributed by atoms with Crippen molar-refractivity contribution in [3.8, 4) is 28.5 Å². The first-order valence-electron chi connectivity index (χ1n) is 10.8. The van der Waals surface area contributed by atoms with Gasteiger partial charge in [-0.15, -0.1) is 0 Å². The van der Waals surface area contributed by atoms with Crippen LogP contribution in [0.1, 0.15) is 29.8 Å². The molecular formula is C27H25N3O4. The summed E-state index contributed by atoms with van der Waals surface area (Å²) in [7, 11) is 1.48. The van der Waals surface area contributed by atoms with Gasteiger partial charge in [0.2, 0.25) is 0 Å². The zero-order chi connectivity index (χ0) is 24.1. The van der Waals surface area contributed by atoms with Gasteiger partial charge in [0.1, 0.15) is 5.75 Å². The summed E-state index contributed by atoms with van der Waals surface area (Å²) in [5.74, 6) is 0.718. The lowest BCUT2D eigenvalue weighted by Crippen LogP contribution is -2.18. The molecule has 3 aromatic carbocycles. The van der Waals surface area contributed by atoms with Gasteiger partial charge in [-0.3, -0.25) is 4.79 Å². The molecule has 1 heterocycles. The van der Waals surface area contributed by atoms with Crippen LogP contribution in [-0.4, -0.2) is 35.4 Å². The lowest BCUT2D eigenvalue weighted by atomic mass is 10.0. The Hall–Kier alpha value is -4.39. The van der Waals surface area contributed by atoms with Crippen LogP contribution in [0, 0.1) is 0 Å². The van der Waals surface area contributed by atoms with Crippen LogP contribution in [0.25, 0.3) is 22.2 Å². The molecule has 0 saturated carbocycles. The number of rotatable bonds is 7. The number of nitrogens with one attached hydrogen (secondary N) is 1. The summed E-state index contributed by atoms with van der Waals surface area (Å²) in [4.78, 5) is 17.8. The monoisotopic (exact) mass is 455 g/mol. The van der Waals surface area contributed by atoms with Crippen molar-refractivity contribution >= 4 is 23.0 Å². The molecule has 0 spiro atoms. The quantitative estimate of drug-likeness (QED) is 0.296. The van der Waals surface area contributed by atoms with E-state index in [0.717, 1.165) is 16.7 Å². The first-order valence-corrected chi connectivity index (χ1v) is 10.8. The van der Waals surface area contributed by atoms with Crippen LogP contribution >= 0.6 is 0 Å². The highest BCUT2D eigenvalue weighted by Crippen LogP contribution is 2.28. The van der Waals surface area contributed by atoms with Crippen molar-refractivity contribution in [2.45, 2.75) is 20.0 Å². The molecule has 2 N–H and O–H groups in total. The molecule has 4 aromatic rings. The second kappa shape index (κ2) is 10.0. The van der Waals surface area contributed by atoms with Crippen molar-refractivity contribution in [3.63, 3.8) is 0 Å². The van der Waals surface area contributed by atoms with Gasteiger partial charge >= 0.3 is 0 Å². The molecule has 0 atom stereocenters. The molecule has 4 rings (SSSR count). The SMILES string of the molecule is COc1ccc(/C=N\NC(=O)c2cc(-c3cccc(OC(C)C)c3)nc3ccccc23)cc1O. The first kappa shape index (κ1) is 22.8. The molecular weight excluding hydrogens is 430 g/mol. The Balaban J connectivity index is 1.64. The maximum atomic E-state index is 13.1. The average Bonchev–Trinajstić information content (AvgIpc) is 2.83. The van der Waals surface area contributed by atoms with Gasteiger partial charge in [-0.2, -0.15) is 5.10 Å². The summed E-state index contributed by atoms with van der Waals surface area (Å²) < 4.78 is 10.8. The number of phenolic OH excluding ortho intramolecular Hbond substituents is 1. The second-order valence-corrected chi connectivity index (χ2v) is 7.90. The normalized spacial score (nSPS) is 11.2. The Morgan fingerprint density at radius 1 is 1.06 bits per heavy atom. The van der Waals surface area contributed by atoms with Crippen molar-refractivity contribution in [2.75, 3.05) is 7.11 Å². The maximum Gasteiger partial charge on any atom is 0.272 e. The van der Waals surface area contributed by atoms with Gasteiger partial charge in [0.15, 0.2) is 11.5 Å². The Labute approximate surface area is 197 Å². The van der Waals surface area contributed by atoms with E-state index >= 15 is 0 Å². The van der Waals surface area contributed by atoms with Crippen molar-refractivity contribution < 1.29 is 19.4 Å². The number of carbonyl (C=O) groups is 1. The van der Waals surface area contributed by atoms with Crippen molar-refractivity contribution in [3.05, 3.63) is 83.9 Å². The van der Waals surface area contributed by atoms with Gasteiger partial charge < -0.3 is 14.6 Å². The molecule has 1 amide bonds. The number of hydrazone groups is 1. The fourth-order valence-electron chi connectivity index (χ4n) is 3.53. The summed E-state index contributed by atoms with van der Waals surface area (Å²) in [6.07, 6.45) is 1.50. The molecule has 0 radical (unpaired) electrons. The summed E-state index contributed by atoms with van der Waals surface area (Å²) in [6.45, 7) is 3.94. The van der Waals surface area contributed by atoms with Gasteiger partial charge in [0.25, 0.3) is 5.91 Å². The molecule has 1 aromatic heterocycles. The topological polar surface area (TPSA) is 93.0 Å². The van der Waals surface area contributed by atoms with E-state index in [1.807, 2.05) is 62.4 Å². The molecule has 0 saturated heterocycles. The third kappa shape index (κ3) is 5.15. The number of fused-ring (bicyclic) bond motifs is 1. The molecule has 0 aliphatic rings. The average molecular weight is 456 g/mol. The van der Waals surface area contributed by atoms with Crippen LogP contribution in [0.4, 0.5) is 0 Å². The number of aromatic nitrogens is 1. The molecule has 0 unspecified atom stereocenters. The first-order chi connectivity index (χ1) is 16.4. The number of ether oxygens (including phenoxy) is 2. The molecule has 7 nitrogen and oxygen atoms in total. The molecule has 172 valence electrons. The number of carbonyl (C=O) groups excluding carboxylic acids is 1. The van der Waals surface area contributed by atoms with Crippen molar-refractivity contribution in [1.29, 1.82) is 0 Å². The summed E-state index contributed by atoms with van der Waals surface area (Å²) in [6, 6.07) is 21.7. The molecule has 7 heteroatoms. The van der Waals surface area contributed by atoms with E-state index in [4.69, 9.17) is 14.5 Å². The van der Waals surface area contributed by atoms with Crippen LogP contribution in [-0.2, 0) is 0 Å². The Morgan fingerprint density at radius 3 is 2.65 bits per heavy atom. The van der Waals surface area contributed by atoms with Crippen LogP contribution in [0.2, 0.25) is 0 Å². The number of amides is 1. The van der Waals surface area contributed by atoms with Crippen LogP contribution < -0.4 is 14.9 Å². The van der Waals surface area contributed by atoms with E-state index in [-0.39, 0.29) is 17.8 Å². The van der Waals surface area contributed by atoms with Gasteiger partial charge in [-0.1, -0.05) is 30.3 Å². The van der Waals surface area contributed by atoms with Gasteiger partial charge in [-0.25, -0.2) is 10.4 Å². The number of benzene rings is 3. The van der Waals surface area contributed by atoms with Crippen LogP contribution in [0.5, 0.6) is 17.2 Å². The molecule has 0 fully saturated rings. The lowest BCUT2D eigenvalue weighted by molar-refractivity contribution is 0.0956. The van der Waals surface area contributed by atoms with Crippen LogP contribution in [0.15, 0.2) is 77.9 Å². The van der Waals surface area contributed by atoms with E-state index < -0.39 is 0 Å². The lowest BCUT2D eigenvalue weighted by Gasteiger charge is -2.12. The van der Waals surface area contributed by atoms with E-state index in [9.17, 15) is 9.90 Å². The summed E-state index contributed by atoms with van der Waals surface area (Å²) in [5.41, 5.74) is 5.83. The zero-order valence-corrected chi connectivity index (χ0v) is 19.1. The minimum atomic E-state index is -0.372. The second-order valence-electron chi connectivity index (χ2n) is 7.90. The highest BCUT2D eigenvalue weighted by Gasteiger charge is 2.14. The van der Waals surface area contributed by atoms with E-state index in [1.165, 1.54) is 19.4 Å². The number of methoxy groups -OCH3 is 1. The highest BCUT2D eigenvalue weighted by atomic mass is 16.5. The number of aromatic hydroxyl groups is 1. The fraction of sp³-hybridized carbons (Fsp3) is 0.148. The van der Waals surface area contributed by atoms with Gasteiger partial charge in [-0.05, 0) is 61.9 Å². The molecule has 0 aliphatic carbocycles. The maximum absolute atomic E-state index is 13.1. The number of hydrogen-bond donors (Lipinski definition) is 2. The molecule has 0 bridgehead atoms. The highest BCUT2D eigenvalue weighted by molar-refractivity contribution is 6.07. The van der Waals surface area contributed by atoms with Crippen LogP contribution in [0.3, 0.4) is 0 Å². The summed E-state index contributed by atoms with van der Waals surface area (Å²) in [5, 5.41) is 14.7. The molecule has 34 heavy (non-hydrogen) atoms. The Kier molecular flexibility index (Phi) is 6.73. The van der Waals surface area contributed by atoms with E-state index in [2.05, 4.69) is 10.5 Å². The Bertz CT molecular complexity index is 1370. The van der Waals surface area contributed by atoms with Gasteiger partial charge in [0.05, 0.1) is 36.2 Å².